The minimum Gasteiger partial charge on any atom is -0.346 e. The molecule has 1 aliphatic heterocycles. The number of aryl methyl sites for hydroxylation is 2. The first-order valence-electron chi connectivity index (χ1n) is 9.35. The SMILES string of the molecule is Cc1nc2c(C)cccc2cc1C(=O)NC(C)(C)CN1CCN(C)CC1. The highest BCUT2D eigenvalue weighted by Gasteiger charge is 2.27. The second-order valence-corrected chi connectivity index (χ2v) is 8.19. The van der Waals surface area contributed by atoms with Gasteiger partial charge in [-0.2, -0.15) is 0 Å². The number of nitrogens with zero attached hydrogens (tertiary/aromatic N) is 3. The summed E-state index contributed by atoms with van der Waals surface area (Å²) in [6.45, 7) is 13.3. The lowest BCUT2D eigenvalue weighted by molar-refractivity contribution is 0.0849. The fourth-order valence-electron chi connectivity index (χ4n) is 3.65. The first kappa shape index (κ1) is 18.8. The Morgan fingerprint density at radius 2 is 1.88 bits per heavy atom. The van der Waals surface area contributed by atoms with Crippen molar-refractivity contribution in [1.82, 2.24) is 20.1 Å². The molecule has 1 amide bonds. The van der Waals surface area contributed by atoms with Gasteiger partial charge in [0, 0.05) is 43.6 Å². The molecule has 0 radical (unpaired) electrons. The number of benzene rings is 1. The number of pyridine rings is 1. The Kier molecular flexibility index (Phi) is 5.30. The molecule has 0 spiro atoms. The Labute approximate surface area is 156 Å². The fourth-order valence-corrected chi connectivity index (χ4v) is 3.65. The van der Waals surface area contributed by atoms with Gasteiger partial charge in [-0.3, -0.25) is 14.7 Å². The Morgan fingerprint density at radius 1 is 1.19 bits per heavy atom. The highest BCUT2D eigenvalue weighted by Crippen LogP contribution is 2.20. The van der Waals surface area contributed by atoms with E-state index < -0.39 is 0 Å². The Bertz CT molecular complexity index is 807. The van der Waals surface area contributed by atoms with Gasteiger partial charge in [0.2, 0.25) is 0 Å². The van der Waals surface area contributed by atoms with Gasteiger partial charge in [-0.1, -0.05) is 18.2 Å². The second-order valence-electron chi connectivity index (χ2n) is 8.19. The van der Waals surface area contributed by atoms with E-state index in [9.17, 15) is 4.79 Å². The maximum Gasteiger partial charge on any atom is 0.253 e. The smallest absolute Gasteiger partial charge is 0.253 e. The summed E-state index contributed by atoms with van der Waals surface area (Å²) in [6, 6.07) is 8.04. The topological polar surface area (TPSA) is 48.5 Å². The Hall–Kier alpha value is -1.98. The van der Waals surface area contributed by atoms with Crippen molar-refractivity contribution < 1.29 is 4.79 Å². The van der Waals surface area contributed by atoms with Gasteiger partial charge >= 0.3 is 0 Å². The lowest BCUT2D eigenvalue weighted by Gasteiger charge is -2.38. The summed E-state index contributed by atoms with van der Waals surface area (Å²) in [4.78, 5) is 22.4. The van der Waals surface area contributed by atoms with Crippen LogP contribution in [0.4, 0.5) is 0 Å². The summed E-state index contributed by atoms with van der Waals surface area (Å²) in [5.74, 6) is -0.0440. The molecule has 1 saturated heterocycles. The molecule has 1 aromatic heterocycles. The largest absolute Gasteiger partial charge is 0.346 e. The molecule has 2 aromatic rings. The monoisotopic (exact) mass is 354 g/mol. The summed E-state index contributed by atoms with van der Waals surface area (Å²) >= 11 is 0. The van der Waals surface area contributed by atoms with Crippen molar-refractivity contribution in [1.29, 1.82) is 0 Å². The van der Waals surface area contributed by atoms with Crippen LogP contribution < -0.4 is 5.32 Å². The molecule has 1 aliphatic rings. The van der Waals surface area contributed by atoms with E-state index in [1.54, 1.807) is 0 Å². The van der Waals surface area contributed by atoms with Gasteiger partial charge < -0.3 is 10.2 Å². The molecule has 1 fully saturated rings. The summed E-state index contributed by atoms with van der Waals surface area (Å²) in [5, 5.41) is 4.23. The fraction of sp³-hybridized carbons (Fsp3) is 0.524. The number of hydrogen-bond donors (Lipinski definition) is 1. The van der Waals surface area contributed by atoms with Gasteiger partial charge in [0.1, 0.15) is 0 Å². The van der Waals surface area contributed by atoms with Gasteiger partial charge in [-0.05, 0) is 46.4 Å². The molecular formula is C21H30N4O. The standard InChI is InChI=1S/C21H30N4O/c1-15-7-6-8-17-13-18(16(2)22-19(15)17)20(26)23-21(3,4)14-25-11-9-24(5)10-12-25/h6-8,13H,9-12,14H2,1-5H3,(H,23,26). The number of piperazine rings is 1. The average Bonchev–Trinajstić information content (AvgIpc) is 2.56. The van der Waals surface area contributed by atoms with Crippen LogP contribution in [0.15, 0.2) is 24.3 Å². The number of fused-ring (bicyclic) bond motifs is 1. The quantitative estimate of drug-likeness (QED) is 0.917. The molecule has 1 N–H and O–H groups in total. The lowest BCUT2D eigenvalue weighted by atomic mass is 10.0. The molecule has 0 saturated carbocycles. The van der Waals surface area contributed by atoms with Crippen LogP contribution in [0, 0.1) is 13.8 Å². The zero-order chi connectivity index (χ0) is 18.9. The molecule has 0 aliphatic carbocycles. The van der Waals surface area contributed by atoms with E-state index in [4.69, 9.17) is 0 Å². The van der Waals surface area contributed by atoms with Crippen LogP contribution in [-0.2, 0) is 0 Å². The van der Waals surface area contributed by atoms with Crippen molar-refractivity contribution in [2.75, 3.05) is 39.8 Å². The molecule has 0 atom stereocenters. The van der Waals surface area contributed by atoms with E-state index in [-0.39, 0.29) is 11.4 Å². The lowest BCUT2D eigenvalue weighted by Crippen LogP contribution is -2.55. The van der Waals surface area contributed by atoms with Gasteiger partial charge in [0.05, 0.1) is 16.8 Å². The third kappa shape index (κ3) is 4.22. The molecule has 26 heavy (non-hydrogen) atoms. The van der Waals surface area contributed by atoms with E-state index in [0.717, 1.165) is 54.9 Å². The second kappa shape index (κ2) is 7.33. The molecule has 140 valence electrons. The minimum atomic E-state index is -0.291. The third-order valence-corrected chi connectivity index (χ3v) is 5.15. The number of amides is 1. The number of carbonyl (C=O) groups is 1. The number of rotatable bonds is 4. The van der Waals surface area contributed by atoms with E-state index in [0.29, 0.717) is 5.56 Å². The van der Waals surface area contributed by atoms with E-state index in [1.807, 2.05) is 38.1 Å². The van der Waals surface area contributed by atoms with E-state index >= 15 is 0 Å². The van der Waals surface area contributed by atoms with Crippen molar-refractivity contribution in [3.8, 4) is 0 Å². The summed E-state index contributed by atoms with van der Waals surface area (Å²) in [6.07, 6.45) is 0. The number of carbonyl (C=O) groups excluding carboxylic acids is 1. The molecule has 3 rings (SSSR count). The van der Waals surface area contributed by atoms with Gasteiger partial charge in [-0.15, -0.1) is 0 Å². The van der Waals surface area contributed by atoms with Crippen LogP contribution in [0.3, 0.4) is 0 Å². The number of likely N-dealkylation sites (N-methyl/N-ethyl adjacent to an activating group) is 1. The van der Waals surface area contributed by atoms with Gasteiger partial charge in [0.25, 0.3) is 5.91 Å². The van der Waals surface area contributed by atoms with Crippen molar-refractivity contribution in [2.24, 2.45) is 0 Å². The maximum atomic E-state index is 12.9. The van der Waals surface area contributed by atoms with Gasteiger partial charge in [-0.25, -0.2) is 0 Å². The summed E-state index contributed by atoms with van der Waals surface area (Å²) < 4.78 is 0. The molecular weight excluding hydrogens is 324 g/mol. The van der Waals surface area contributed by atoms with Crippen molar-refractivity contribution in [2.45, 2.75) is 33.2 Å². The summed E-state index contributed by atoms with van der Waals surface area (Å²) in [7, 11) is 2.15. The van der Waals surface area contributed by atoms with Crippen LogP contribution in [0.5, 0.6) is 0 Å². The molecule has 0 unspecified atom stereocenters. The van der Waals surface area contributed by atoms with Crippen molar-refractivity contribution in [3.05, 3.63) is 41.1 Å². The van der Waals surface area contributed by atoms with Crippen LogP contribution in [0.25, 0.3) is 10.9 Å². The summed E-state index contributed by atoms with van der Waals surface area (Å²) in [5.41, 5.74) is 3.25. The predicted octanol–water partition coefficient (Wildman–Crippen LogP) is 2.61. The van der Waals surface area contributed by atoms with Crippen molar-refractivity contribution >= 4 is 16.8 Å². The van der Waals surface area contributed by atoms with E-state index in [1.165, 1.54) is 0 Å². The molecule has 0 bridgehead atoms. The molecule has 5 heteroatoms. The highest BCUT2D eigenvalue weighted by atomic mass is 16.1. The Balaban J connectivity index is 1.74. The predicted molar refractivity (Wildman–Crippen MR) is 107 cm³/mol. The first-order valence-corrected chi connectivity index (χ1v) is 9.35. The maximum absolute atomic E-state index is 12.9. The normalized spacial score (nSPS) is 16.8. The van der Waals surface area contributed by atoms with Crippen LogP contribution >= 0.6 is 0 Å². The number of para-hydroxylation sites is 1. The van der Waals surface area contributed by atoms with Crippen molar-refractivity contribution in [3.63, 3.8) is 0 Å². The van der Waals surface area contributed by atoms with Crippen LogP contribution in [0.1, 0.15) is 35.5 Å². The molecule has 5 nitrogen and oxygen atoms in total. The number of hydrogen-bond acceptors (Lipinski definition) is 4. The van der Waals surface area contributed by atoms with Gasteiger partial charge in [0.15, 0.2) is 0 Å². The molecule has 2 heterocycles. The highest BCUT2D eigenvalue weighted by molar-refractivity contribution is 5.99. The minimum absolute atomic E-state index is 0.0440. The Morgan fingerprint density at radius 3 is 2.58 bits per heavy atom. The van der Waals surface area contributed by atoms with Crippen LogP contribution in [-0.4, -0.2) is 66.0 Å². The average molecular weight is 354 g/mol. The van der Waals surface area contributed by atoms with E-state index in [2.05, 4.69) is 41.0 Å². The first-order chi connectivity index (χ1) is 12.2. The zero-order valence-corrected chi connectivity index (χ0v) is 16.6. The third-order valence-electron chi connectivity index (χ3n) is 5.15. The zero-order valence-electron chi connectivity index (χ0n) is 16.6. The number of aromatic nitrogens is 1. The van der Waals surface area contributed by atoms with Crippen LogP contribution in [0.2, 0.25) is 0 Å². The number of nitrogens with one attached hydrogen (secondary N) is 1. The molecule has 1 aromatic carbocycles.